The molecule has 0 aliphatic heterocycles. The molecule has 0 bridgehead atoms. The van der Waals surface area contributed by atoms with Gasteiger partial charge >= 0.3 is 0 Å². The topological polar surface area (TPSA) is 79.9 Å². The zero-order chi connectivity index (χ0) is 17.6. The molecule has 0 saturated heterocycles. The molecular formula is C18H17FN4O2. The third-order valence-corrected chi connectivity index (χ3v) is 3.50. The minimum Gasteiger partial charge on any atom is -0.472 e. The highest BCUT2D eigenvalue weighted by Crippen LogP contribution is 2.26. The van der Waals surface area contributed by atoms with Gasteiger partial charge in [-0.15, -0.1) is 0 Å². The molecule has 0 spiro atoms. The number of benzene rings is 1. The van der Waals surface area contributed by atoms with E-state index in [9.17, 15) is 9.18 Å². The first kappa shape index (κ1) is 16.6. The number of hydrogen-bond donors (Lipinski definition) is 2. The quantitative estimate of drug-likeness (QED) is 0.676. The van der Waals surface area contributed by atoms with Crippen LogP contribution in [0.1, 0.15) is 18.1 Å². The molecule has 128 valence electrons. The number of halogens is 1. The predicted molar refractivity (Wildman–Crippen MR) is 92.3 cm³/mol. The van der Waals surface area contributed by atoms with Crippen LogP contribution in [0.4, 0.5) is 4.39 Å². The van der Waals surface area contributed by atoms with Crippen molar-refractivity contribution >= 4 is 23.0 Å². The second-order valence-corrected chi connectivity index (χ2v) is 5.29. The van der Waals surface area contributed by atoms with Gasteiger partial charge in [-0.05, 0) is 30.7 Å². The molecule has 6 nitrogen and oxygen atoms in total. The van der Waals surface area contributed by atoms with E-state index in [-0.39, 0.29) is 18.3 Å². The van der Waals surface area contributed by atoms with Gasteiger partial charge in [0.25, 0.3) is 0 Å². The Morgan fingerprint density at radius 2 is 2.28 bits per heavy atom. The zero-order valence-corrected chi connectivity index (χ0v) is 13.6. The predicted octanol–water partition coefficient (Wildman–Crippen LogP) is 2.83. The molecule has 2 heterocycles. The van der Waals surface area contributed by atoms with Crippen molar-refractivity contribution in [3.05, 3.63) is 59.8 Å². The molecule has 2 aromatic heterocycles. The van der Waals surface area contributed by atoms with Crippen LogP contribution in [0, 0.1) is 5.82 Å². The number of aromatic nitrogens is 3. The maximum absolute atomic E-state index is 13.3. The fraction of sp³-hybridized carbons (Fsp3) is 0.167. The summed E-state index contributed by atoms with van der Waals surface area (Å²) in [7, 11) is 0. The lowest BCUT2D eigenvalue weighted by molar-refractivity contribution is -0.116. The molecule has 0 radical (unpaired) electrons. The Labute approximate surface area is 143 Å². The number of rotatable bonds is 6. The summed E-state index contributed by atoms with van der Waals surface area (Å²) in [6.45, 7) is 2.58. The van der Waals surface area contributed by atoms with E-state index in [4.69, 9.17) is 4.74 Å². The number of nitrogens with one attached hydrogen (secondary N) is 2. The van der Waals surface area contributed by atoms with Gasteiger partial charge in [0.05, 0.1) is 5.39 Å². The number of carbonyl (C=O) groups is 1. The van der Waals surface area contributed by atoms with E-state index < -0.39 is 0 Å². The van der Waals surface area contributed by atoms with Gasteiger partial charge in [0.2, 0.25) is 11.8 Å². The van der Waals surface area contributed by atoms with E-state index in [2.05, 4.69) is 20.3 Å². The van der Waals surface area contributed by atoms with Crippen molar-refractivity contribution in [2.24, 2.45) is 0 Å². The average Bonchev–Trinajstić information content (AvgIpc) is 3.02. The third-order valence-electron chi connectivity index (χ3n) is 3.50. The maximum Gasteiger partial charge on any atom is 0.243 e. The van der Waals surface area contributed by atoms with Crippen molar-refractivity contribution in [1.29, 1.82) is 0 Å². The van der Waals surface area contributed by atoms with E-state index >= 15 is 0 Å². The van der Waals surface area contributed by atoms with Crippen molar-refractivity contribution in [1.82, 2.24) is 20.3 Å². The molecule has 2 N–H and O–H groups in total. The highest BCUT2D eigenvalue weighted by atomic mass is 19.1. The molecule has 0 aliphatic rings. The monoisotopic (exact) mass is 340 g/mol. The summed E-state index contributed by atoms with van der Waals surface area (Å²) in [4.78, 5) is 22.9. The SMILES string of the molecule is CCNC(=O)/C=C/c1c[nH]c2ncnc(OCc3cccc(F)c3)c12. The average molecular weight is 340 g/mol. The fourth-order valence-corrected chi connectivity index (χ4v) is 2.38. The van der Waals surface area contributed by atoms with Gasteiger partial charge in [0, 0.05) is 24.4 Å². The van der Waals surface area contributed by atoms with Gasteiger partial charge in [-0.25, -0.2) is 14.4 Å². The van der Waals surface area contributed by atoms with Crippen LogP contribution in [0.25, 0.3) is 17.1 Å². The number of ether oxygens (including phenoxy) is 1. The van der Waals surface area contributed by atoms with Crippen LogP contribution in [0.3, 0.4) is 0 Å². The second kappa shape index (κ2) is 7.57. The van der Waals surface area contributed by atoms with Crippen molar-refractivity contribution < 1.29 is 13.9 Å². The lowest BCUT2D eigenvalue weighted by Crippen LogP contribution is -2.19. The van der Waals surface area contributed by atoms with Crippen molar-refractivity contribution in [3.63, 3.8) is 0 Å². The number of hydrogen-bond acceptors (Lipinski definition) is 4. The number of carbonyl (C=O) groups excluding carboxylic acids is 1. The largest absolute Gasteiger partial charge is 0.472 e. The lowest BCUT2D eigenvalue weighted by Gasteiger charge is -2.07. The summed E-state index contributed by atoms with van der Waals surface area (Å²) in [5.41, 5.74) is 2.03. The van der Waals surface area contributed by atoms with Crippen molar-refractivity contribution in [2.45, 2.75) is 13.5 Å². The van der Waals surface area contributed by atoms with Gasteiger partial charge < -0.3 is 15.0 Å². The molecule has 7 heteroatoms. The van der Waals surface area contributed by atoms with E-state index in [1.807, 2.05) is 6.92 Å². The highest BCUT2D eigenvalue weighted by Gasteiger charge is 2.11. The van der Waals surface area contributed by atoms with Crippen LogP contribution < -0.4 is 10.1 Å². The lowest BCUT2D eigenvalue weighted by atomic mass is 10.2. The molecule has 0 fully saturated rings. The highest BCUT2D eigenvalue weighted by molar-refractivity contribution is 5.96. The molecule has 3 aromatic rings. The van der Waals surface area contributed by atoms with Gasteiger partial charge in [0.1, 0.15) is 24.4 Å². The second-order valence-electron chi connectivity index (χ2n) is 5.29. The third kappa shape index (κ3) is 4.00. The normalized spacial score (nSPS) is 11.1. The summed E-state index contributed by atoms with van der Waals surface area (Å²) in [6, 6.07) is 6.18. The van der Waals surface area contributed by atoms with E-state index in [0.29, 0.717) is 29.0 Å². The molecule has 0 unspecified atom stereocenters. The van der Waals surface area contributed by atoms with Crippen LogP contribution >= 0.6 is 0 Å². The van der Waals surface area contributed by atoms with Crippen molar-refractivity contribution in [3.8, 4) is 5.88 Å². The van der Waals surface area contributed by atoms with E-state index in [1.165, 1.54) is 24.5 Å². The van der Waals surface area contributed by atoms with E-state index in [0.717, 1.165) is 5.56 Å². The van der Waals surface area contributed by atoms with Crippen LogP contribution in [0.5, 0.6) is 5.88 Å². The summed E-state index contributed by atoms with van der Waals surface area (Å²) >= 11 is 0. The number of fused-ring (bicyclic) bond motifs is 1. The number of amides is 1. The fourth-order valence-electron chi connectivity index (χ4n) is 2.38. The Balaban J connectivity index is 1.85. The Hall–Kier alpha value is -3.22. The summed E-state index contributed by atoms with van der Waals surface area (Å²) < 4.78 is 19.0. The number of H-pyrrole nitrogens is 1. The van der Waals surface area contributed by atoms with Gasteiger partial charge in [0.15, 0.2) is 0 Å². The summed E-state index contributed by atoms with van der Waals surface area (Å²) in [5, 5.41) is 3.35. The first-order valence-corrected chi connectivity index (χ1v) is 7.82. The van der Waals surface area contributed by atoms with Crippen LogP contribution in [0.2, 0.25) is 0 Å². The Morgan fingerprint density at radius 3 is 3.08 bits per heavy atom. The molecule has 0 aliphatic carbocycles. The molecule has 3 rings (SSSR count). The molecule has 1 aromatic carbocycles. The molecule has 0 saturated carbocycles. The first-order valence-electron chi connectivity index (χ1n) is 7.82. The minimum absolute atomic E-state index is 0.175. The number of aromatic amines is 1. The molecular weight excluding hydrogens is 323 g/mol. The van der Waals surface area contributed by atoms with Gasteiger partial charge in [-0.1, -0.05) is 12.1 Å². The Bertz CT molecular complexity index is 920. The minimum atomic E-state index is -0.318. The number of likely N-dealkylation sites (N-methyl/N-ethyl adjacent to an activating group) is 1. The zero-order valence-electron chi connectivity index (χ0n) is 13.6. The molecule has 25 heavy (non-hydrogen) atoms. The van der Waals surface area contributed by atoms with Crippen molar-refractivity contribution in [2.75, 3.05) is 6.54 Å². The van der Waals surface area contributed by atoms with Crippen LogP contribution in [-0.4, -0.2) is 27.4 Å². The first-order chi connectivity index (χ1) is 12.2. The Kier molecular flexibility index (Phi) is 5.03. The number of nitrogens with zero attached hydrogens (tertiary/aromatic N) is 2. The maximum atomic E-state index is 13.3. The van der Waals surface area contributed by atoms with Gasteiger partial charge in [-0.2, -0.15) is 0 Å². The van der Waals surface area contributed by atoms with Gasteiger partial charge in [-0.3, -0.25) is 4.79 Å². The van der Waals surface area contributed by atoms with E-state index in [1.54, 1.807) is 24.4 Å². The summed E-state index contributed by atoms with van der Waals surface area (Å²) in [6.07, 6.45) is 6.22. The van der Waals surface area contributed by atoms with Crippen LogP contribution in [0.15, 0.2) is 42.9 Å². The summed E-state index contributed by atoms with van der Waals surface area (Å²) in [5.74, 6) is -0.136. The van der Waals surface area contributed by atoms with Crippen LogP contribution in [-0.2, 0) is 11.4 Å². The molecule has 0 atom stereocenters. The standard InChI is InChI=1S/C18H17FN4O2/c1-2-20-15(24)7-6-13-9-21-17-16(13)18(23-11-22-17)25-10-12-4-3-5-14(19)8-12/h3-9,11H,2,10H2,1H3,(H,20,24)(H,21,22,23)/b7-6+. The molecule has 1 amide bonds. The Morgan fingerprint density at radius 1 is 1.40 bits per heavy atom. The smallest absolute Gasteiger partial charge is 0.243 e.